The number of halogens is 1. The van der Waals surface area contributed by atoms with E-state index in [-0.39, 0.29) is 22.9 Å². The quantitative estimate of drug-likeness (QED) is 0.791. The Hall–Kier alpha value is -2.56. The van der Waals surface area contributed by atoms with Crippen molar-refractivity contribution in [2.45, 2.75) is 13.0 Å². The molecular weight excluding hydrogens is 271 g/mol. The Labute approximate surface area is 121 Å². The number of hydrogen-bond donors (Lipinski definition) is 2. The number of phenols is 1. The van der Waals surface area contributed by atoms with Crippen LogP contribution in [0.1, 0.15) is 21.5 Å². The van der Waals surface area contributed by atoms with Crippen molar-refractivity contribution in [3.05, 3.63) is 58.9 Å². The normalized spacial score (nSPS) is 13.9. The molecule has 3 rings (SSSR count). The summed E-state index contributed by atoms with van der Waals surface area (Å²) in [5.74, 6) is -0.801. The molecule has 0 aliphatic carbocycles. The van der Waals surface area contributed by atoms with Crippen molar-refractivity contribution in [2.24, 2.45) is 0 Å². The van der Waals surface area contributed by atoms with Crippen LogP contribution in [0.5, 0.6) is 5.75 Å². The number of carbonyl (C=O) groups excluding carboxylic acids is 1. The van der Waals surface area contributed by atoms with E-state index in [0.717, 1.165) is 17.2 Å². The van der Waals surface area contributed by atoms with Crippen molar-refractivity contribution < 1.29 is 14.3 Å². The highest BCUT2D eigenvalue weighted by atomic mass is 19.1. The molecule has 21 heavy (non-hydrogen) atoms. The van der Waals surface area contributed by atoms with Crippen LogP contribution >= 0.6 is 0 Å². The first-order chi connectivity index (χ1) is 10.0. The fourth-order valence-electron chi connectivity index (χ4n) is 2.59. The number of anilines is 1. The summed E-state index contributed by atoms with van der Waals surface area (Å²) in [7, 11) is 0. The van der Waals surface area contributed by atoms with E-state index in [9.17, 15) is 14.3 Å². The van der Waals surface area contributed by atoms with Crippen LogP contribution in [0.2, 0.25) is 0 Å². The molecule has 1 aliphatic heterocycles. The number of amides is 1. The number of nitrogen functional groups attached to an aromatic ring is 1. The van der Waals surface area contributed by atoms with Gasteiger partial charge in [0.05, 0.1) is 5.56 Å². The van der Waals surface area contributed by atoms with Gasteiger partial charge in [0.15, 0.2) is 0 Å². The second-order valence-electron chi connectivity index (χ2n) is 5.17. The smallest absolute Gasteiger partial charge is 0.257 e. The number of nitrogens with zero attached hydrogens (tertiary/aromatic N) is 1. The lowest BCUT2D eigenvalue weighted by Crippen LogP contribution is -2.36. The van der Waals surface area contributed by atoms with Gasteiger partial charge in [-0.25, -0.2) is 4.39 Å². The summed E-state index contributed by atoms with van der Waals surface area (Å²) in [5.41, 5.74) is 7.80. The molecule has 1 aliphatic rings. The van der Waals surface area contributed by atoms with Gasteiger partial charge in [0, 0.05) is 18.8 Å². The van der Waals surface area contributed by atoms with Crippen molar-refractivity contribution in [1.82, 2.24) is 4.90 Å². The highest BCUT2D eigenvalue weighted by molar-refractivity contribution is 5.95. The van der Waals surface area contributed by atoms with Crippen LogP contribution in [-0.2, 0) is 13.0 Å². The highest BCUT2D eigenvalue weighted by Crippen LogP contribution is 2.25. The van der Waals surface area contributed by atoms with E-state index in [1.165, 1.54) is 12.1 Å². The SMILES string of the molecule is Nc1ccc(C(=O)N2CCc3ccc(O)cc3C2)c(F)c1. The van der Waals surface area contributed by atoms with Crippen LogP contribution in [0.3, 0.4) is 0 Å². The maximum absolute atomic E-state index is 13.8. The third kappa shape index (κ3) is 2.54. The minimum Gasteiger partial charge on any atom is -0.508 e. The maximum Gasteiger partial charge on any atom is 0.257 e. The van der Waals surface area contributed by atoms with Gasteiger partial charge in [-0.15, -0.1) is 0 Å². The molecule has 108 valence electrons. The summed E-state index contributed by atoms with van der Waals surface area (Å²) in [6.07, 6.45) is 0.692. The number of hydrogen-bond acceptors (Lipinski definition) is 3. The summed E-state index contributed by atoms with van der Waals surface area (Å²) >= 11 is 0. The molecule has 0 saturated heterocycles. The Bertz CT molecular complexity index is 715. The number of rotatable bonds is 1. The van der Waals surface area contributed by atoms with E-state index in [4.69, 9.17) is 5.73 Å². The molecule has 1 heterocycles. The predicted octanol–water partition coefficient (Wildman–Crippen LogP) is 2.31. The Morgan fingerprint density at radius 3 is 2.76 bits per heavy atom. The van der Waals surface area contributed by atoms with Crippen LogP contribution in [0.25, 0.3) is 0 Å². The van der Waals surface area contributed by atoms with Crippen LogP contribution in [0.15, 0.2) is 36.4 Å². The van der Waals surface area contributed by atoms with Gasteiger partial charge in [-0.1, -0.05) is 6.07 Å². The van der Waals surface area contributed by atoms with Crippen molar-refractivity contribution in [3.63, 3.8) is 0 Å². The number of fused-ring (bicyclic) bond motifs is 1. The first-order valence-electron chi connectivity index (χ1n) is 6.69. The van der Waals surface area contributed by atoms with Gasteiger partial charge < -0.3 is 15.7 Å². The van der Waals surface area contributed by atoms with Gasteiger partial charge in [0.25, 0.3) is 5.91 Å². The molecule has 0 aromatic heterocycles. The number of phenolic OH excluding ortho intramolecular Hbond substituents is 1. The largest absolute Gasteiger partial charge is 0.508 e. The van der Waals surface area contributed by atoms with Crippen LogP contribution in [0.4, 0.5) is 10.1 Å². The van der Waals surface area contributed by atoms with Crippen molar-refractivity contribution >= 4 is 11.6 Å². The molecule has 5 heteroatoms. The van der Waals surface area contributed by atoms with Gasteiger partial charge in [0.1, 0.15) is 11.6 Å². The van der Waals surface area contributed by atoms with E-state index >= 15 is 0 Å². The fourth-order valence-corrected chi connectivity index (χ4v) is 2.59. The summed E-state index contributed by atoms with van der Waals surface area (Å²) in [6, 6.07) is 9.21. The summed E-state index contributed by atoms with van der Waals surface area (Å²) in [5, 5.41) is 9.53. The minimum atomic E-state index is -0.610. The molecule has 2 aromatic carbocycles. The Balaban J connectivity index is 1.87. The molecule has 0 unspecified atom stereocenters. The van der Waals surface area contributed by atoms with Crippen molar-refractivity contribution in [1.29, 1.82) is 0 Å². The molecule has 4 nitrogen and oxygen atoms in total. The molecule has 0 saturated carbocycles. The zero-order valence-electron chi connectivity index (χ0n) is 11.3. The number of aromatic hydroxyl groups is 1. The summed E-state index contributed by atoms with van der Waals surface area (Å²) in [6.45, 7) is 0.896. The molecule has 1 amide bonds. The van der Waals surface area contributed by atoms with Crippen LogP contribution in [-0.4, -0.2) is 22.5 Å². The Kier molecular flexibility index (Phi) is 3.25. The first-order valence-corrected chi connectivity index (χ1v) is 6.69. The van der Waals surface area contributed by atoms with E-state index < -0.39 is 5.82 Å². The van der Waals surface area contributed by atoms with Crippen molar-refractivity contribution in [2.75, 3.05) is 12.3 Å². The minimum absolute atomic E-state index is 0.0211. The number of nitrogens with two attached hydrogens (primary N) is 1. The van der Waals surface area contributed by atoms with Crippen LogP contribution < -0.4 is 5.73 Å². The third-order valence-corrected chi connectivity index (χ3v) is 3.71. The average molecular weight is 286 g/mol. The Morgan fingerprint density at radius 2 is 2.00 bits per heavy atom. The Morgan fingerprint density at radius 1 is 1.19 bits per heavy atom. The lowest BCUT2D eigenvalue weighted by Gasteiger charge is -2.29. The van der Waals surface area contributed by atoms with Crippen molar-refractivity contribution in [3.8, 4) is 5.75 Å². The maximum atomic E-state index is 13.8. The van der Waals surface area contributed by atoms with E-state index in [1.54, 1.807) is 17.0 Å². The van der Waals surface area contributed by atoms with Crippen LogP contribution in [0, 0.1) is 5.82 Å². The number of benzene rings is 2. The first kappa shape index (κ1) is 13.4. The van der Waals surface area contributed by atoms with E-state index in [2.05, 4.69) is 0 Å². The molecule has 3 N–H and O–H groups in total. The summed E-state index contributed by atoms with van der Waals surface area (Å²) in [4.78, 5) is 14.0. The zero-order valence-corrected chi connectivity index (χ0v) is 11.3. The number of carbonyl (C=O) groups is 1. The average Bonchev–Trinajstić information content (AvgIpc) is 2.46. The monoisotopic (exact) mass is 286 g/mol. The van der Waals surface area contributed by atoms with Gasteiger partial charge in [0.2, 0.25) is 0 Å². The topological polar surface area (TPSA) is 66.6 Å². The fraction of sp³-hybridized carbons (Fsp3) is 0.188. The highest BCUT2D eigenvalue weighted by Gasteiger charge is 2.24. The second kappa shape index (κ2) is 5.09. The lowest BCUT2D eigenvalue weighted by molar-refractivity contribution is 0.0729. The van der Waals surface area contributed by atoms with E-state index in [0.29, 0.717) is 19.5 Å². The standard InChI is InChI=1S/C16H15FN2O2/c17-15-8-12(18)2-4-14(15)16(21)19-6-5-10-1-3-13(20)7-11(10)9-19/h1-4,7-8,20H,5-6,9,18H2. The molecule has 0 radical (unpaired) electrons. The molecule has 2 aromatic rings. The molecule has 0 bridgehead atoms. The van der Waals surface area contributed by atoms with Gasteiger partial charge in [-0.3, -0.25) is 4.79 Å². The van der Waals surface area contributed by atoms with Gasteiger partial charge >= 0.3 is 0 Å². The molecule has 0 fully saturated rings. The molecule has 0 atom stereocenters. The second-order valence-corrected chi connectivity index (χ2v) is 5.17. The van der Waals surface area contributed by atoms with E-state index in [1.807, 2.05) is 6.07 Å². The lowest BCUT2D eigenvalue weighted by atomic mass is 9.98. The molecule has 0 spiro atoms. The predicted molar refractivity (Wildman–Crippen MR) is 77.4 cm³/mol. The van der Waals surface area contributed by atoms with Gasteiger partial charge in [-0.2, -0.15) is 0 Å². The zero-order chi connectivity index (χ0) is 15.0. The van der Waals surface area contributed by atoms with Gasteiger partial charge in [-0.05, 0) is 47.9 Å². The molecular formula is C16H15FN2O2. The third-order valence-electron chi connectivity index (χ3n) is 3.71. The summed E-state index contributed by atoms with van der Waals surface area (Å²) < 4.78 is 13.8.